The molecule has 0 aliphatic heterocycles. The summed E-state index contributed by atoms with van der Waals surface area (Å²) in [5.41, 5.74) is 1.10. The van der Waals surface area contributed by atoms with Gasteiger partial charge in [0.2, 0.25) is 0 Å². The third-order valence-corrected chi connectivity index (χ3v) is 3.01. The highest BCUT2D eigenvalue weighted by Crippen LogP contribution is 2.04. The van der Waals surface area contributed by atoms with Crippen LogP contribution in [0.4, 0.5) is 0 Å². The molecular weight excluding hydrogens is 296 g/mol. The van der Waals surface area contributed by atoms with Crippen LogP contribution in [0.15, 0.2) is 49.2 Å². The predicted octanol–water partition coefficient (Wildman–Crippen LogP) is 1.17. The van der Waals surface area contributed by atoms with Crippen LogP contribution in [0.1, 0.15) is 23.0 Å². The van der Waals surface area contributed by atoms with E-state index < -0.39 is 18.0 Å². The lowest BCUT2D eigenvalue weighted by molar-refractivity contribution is -0.128. The number of hydrogen-bond donors (Lipinski definition) is 1. The van der Waals surface area contributed by atoms with Crippen molar-refractivity contribution in [2.75, 3.05) is 6.54 Å². The number of carbonyl (C=O) groups is 2. The molecule has 0 saturated carbocycles. The van der Waals surface area contributed by atoms with E-state index in [-0.39, 0.29) is 5.69 Å². The number of nitrogens with zero attached hydrogens (tertiary/aromatic N) is 3. The SMILES string of the molecule is C=CCNC(=O)C(C)OC(=O)c1cn(Cc2ccccc2)nn1. The van der Waals surface area contributed by atoms with Gasteiger partial charge in [-0.15, -0.1) is 11.7 Å². The van der Waals surface area contributed by atoms with Gasteiger partial charge < -0.3 is 10.1 Å². The van der Waals surface area contributed by atoms with Gasteiger partial charge in [0.1, 0.15) is 0 Å². The Morgan fingerprint density at radius 3 is 2.83 bits per heavy atom. The number of nitrogens with one attached hydrogen (secondary N) is 1. The van der Waals surface area contributed by atoms with E-state index in [1.54, 1.807) is 6.08 Å². The summed E-state index contributed by atoms with van der Waals surface area (Å²) in [5.74, 6) is -1.08. The summed E-state index contributed by atoms with van der Waals surface area (Å²) in [6, 6.07) is 9.67. The number of ether oxygens (including phenoxy) is 1. The first-order chi connectivity index (χ1) is 11.1. The van der Waals surface area contributed by atoms with Crippen LogP contribution in [-0.4, -0.2) is 39.5 Å². The number of hydrogen-bond acceptors (Lipinski definition) is 5. The molecule has 120 valence electrons. The van der Waals surface area contributed by atoms with Gasteiger partial charge in [0.15, 0.2) is 11.8 Å². The van der Waals surface area contributed by atoms with Crippen molar-refractivity contribution in [2.45, 2.75) is 19.6 Å². The van der Waals surface area contributed by atoms with Gasteiger partial charge in [-0.3, -0.25) is 4.79 Å². The standard InChI is InChI=1S/C16H18N4O3/c1-3-9-17-15(21)12(2)23-16(22)14-11-20(19-18-14)10-13-7-5-4-6-8-13/h3-8,11-12H,1,9-10H2,2H3,(H,17,21). The first kappa shape index (κ1) is 16.4. The van der Waals surface area contributed by atoms with E-state index >= 15 is 0 Å². The van der Waals surface area contributed by atoms with E-state index in [1.807, 2.05) is 30.3 Å². The Balaban J connectivity index is 1.93. The molecule has 0 saturated heterocycles. The Kier molecular flexibility index (Phi) is 5.62. The predicted molar refractivity (Wildman–Crippen MR) is 83.7 cm³/mol. The fraction of sp³-hybridized carbons (Fsp3) is 0.250. The Bertz CT molecular complexity index is 682. The van der Waals surface area contributed by atoms with E-state index in [4.69, 9.17) is 4.74 Å². The minimum atomic E-state index is -0.915. The number of benzene rings is 1. The number of esters is 1. The highest BCUT2D eigenvalue weighted by molar-refractivity contribution is 5.90. The van der Waals surface area contributed by atoms with Crippen LogP contribution in [0.3, 0.4) is 0 Å². The highest BCUT2D eigenvalue weighted by atomic mass is 16.5. The van der Waals surface area contributed by atoms with E-state index in [0.29, 0.717) is 13.1 Å². The average Bonchev–Trinajstić information content (AvgIpc) is 3.02. The summed E-state index contributed by atoms with van der Waals surface area (Å²) < 4.78 is 6.59. The lowest BCUT2D eigenvalue weighted by Gasteiger charge is -2.11. The summed E-state index contributed by atoms with van der Waals surface area (Å²) in [4.78, 5) is 23.6. The largest absolute Gasteiger partial charge is 0.448 e. The van der Waals surface area contributed by atoms with Crippen LogP contribution < -0.4 is 5.32 Å². The van der Waals surface area contributed by atoms with Gasteiger partial charge in [-0.1, -0.05) is 41.6 Å². The maximum atomic E-state index is 12.0. The molecule has 0 radical (unpaired) electrons. The van der Waals surface area contributed by atoms with E-state index in [0.717, 1.165) is 5.56 Å². The molecule has 7 nitrogen and oxygen atoms in total. The van der Waals surface area contributed by atoms with Crippen LogP contribution in [0.25, 0.3) is 0 Å². The van der Waals surface area contributed by atoms with Gasteiger partial charge in [0, 0.05) is 6.54 Å². The molecule has 2 aromatic rings. The second-order valence-corrected chi connectivity index (χ2v) is 4.87. The third-order valence-electron chi connectivity index (χ3n) is 3.01. The van der Waals surface area contributed by atoms with Crippen molar-refractivity contribution < 1.29 is 14.3 Å². The molecule has 2 rings (SSSR count). The van der Waals surface area contributed by atoms with Gasteiger partial charge >= 0.3 is 5.97 Å². The first-order valence-corrected chi connectivity index (χ1v) is 7.14. The quantitative estimate of drug-likeness (QED) is 0.612. The van der Waals surface area contributed by atoms with Gasteiger partial charge in [0.05, 0.1) is 12.7 Å². The molecule has 1 amide bonds. The Hall–Kier alpha value is -2.96. The second-order valence-electron chi connectivity index (χ2n) is 4.87. The summed E-state index contributed by atoms with van der Waals surface area (Å²) >= 11 is 0. The van der Waals surface area contributed by atoms with E-state index in [9.17, 15) is 9.59 Å². The monoisotopic (exact) mass is 314 g/mol. The maximum absolute atomic E-state index is 12.0. The van der Waals surface area contributed by atoms with Crippen LogP contribution >= 0.6 is 0 Å². The van der Waals surface area contributed by atoms with Gasteiger partial charge in [-0.05, 0) is 12.5 Å². The molecule has 1 N–H and O–H groups in total. The first-order valence-electron chi connectivity index (χ1n) is 7.14. The minimum absolute atomic E-state index is 0.0595. The van der Waals surface area contributed by atoms with Crippen LogP contribution in [-0.2, 0) is 16.1 Å². The highest BCUT2D eigenvalue weighted by Gasteiger charge is 2.20. The lowest BCUT2D eigenvalue weighted by atomic mass is 10.2. The topological polar surface area (TPSA) is 86.1 Å². The summed E-state index contributed by atoms with van der Waals surface area (Å²) in [6.07, 6.45) is 2.12. The molecular formula is C16H18N4O3. The normalized spacial score (nSPS) is 11.5. The number of amides is 1. The van der Waals surface area contributed by atoms with Crippen molar-refractivity contribution in [1.82, 2.24) is 20.3 Å². The molecule has 7 heteroatoms. The zero-order valence-electron chi connectivity index (χ0n) is 12.8. The molecule has 1 unspecified atom stereocenters. The number of rotatable bonds is 7. The van der Waals surface area contributed by atoms with Crippen LogP contribution in [0, 0.1) is 0 Å². The Morgan fingerprint density at radius 1 is 1.39 bits per heavy atom. The average molecular weight is 314 g/mol. The molecule has 1 atom stereocenters. The number of carbonyl (C=O) groups excluding carboxylic acids is 2. The van der Waals surface area contributed by atoms with Gasteiger partial charge in [0.25, 0.3) is 5.91 Å². The second kappa shape index (κ2) is 7.88. The molecule has 0 spiro atoms. The van der Waals surface area contributed by atoms with E-state index in [1.165, 1.54) is 17.8 Å². The van der Waals surface area contributed by atoms with Crippen LogP contribution in [0.5, 0.6) is 0 Å². The fourth-order valence-electron chi connectivity index (χ4n) is 1.83. The summed E-state index contributed by atoms with van der Waals surface area (Å²) in [6.45, 7) is 5.79. The lowest BCUT2D eigenvalue weighted by Crippen LogP contribution is -2.35. The molecule has 1 heterocycles. The van der Waals surface area contributed by atoms with Crippen molar-refractivity contribution >= 4 is 11.9 Å². The molecule has 0 bridgehead atoms. The summed E-state index contributed by atoms with van der Waals surface area (Å²) in [5, 5.41) is 10.2. The van der Waals surface area contributed by atoms with Crippen molar-refractivity contribution in [3.63, 3.8) is 0 Å². The zero-order valence-corrected chi connectivity index (χ0v) is 12.8. The van der Waals surface area contributed by atoms with Crippen molar-refractivity contribution in [3.05, 3.63) is 60.4 Å². The van der Waals surface area contributed by atoms with Crippen LogP contribution in [0.2, 0.25) is 0 Å². The van der Waals surface area contributed by atoms with Gasteiger partial charge in [-0.25, -0.2) is 9.48 Å². The molecule has 0 fully saturated rings. The Labute approximate surface area is 134 Å². The zero-order chi connectivity index (χ0) is 16.7. The minimum Gasteiger partial charge on any atom is -0.448 e. The van der Waals surface area contributed by atoms with Crippen molar-refractivity contribution in [3.8, 4) is 0 Å². The van der Waals surface area contributed by atoms with Gasteiger partial charge in [-0.2, -0.15) is 0 Å². The maximum Gasteiger partial charge on any atom is 0.361 e. The fourth-order valence-corrected chi connectivity index (χ4v) is 1.83. The number of aromatic nitrogens is 3. The molecule has 1 aromatic heterocycles. The smallest absolute Gasteiger partial charge is 0.361 e. The molecule has 0 aliphatic carbocycles. The van der Waals surface area contributed by atoms with E-state index in [2.05, 4.69) is 22.2 Å². The Morgan fingerprint density at radius 2 is 2.13 bits per heavy atom. The molecule has 0 aliphatic rings. The summed E-state index contributed by atoms with van der Waals surface area (Å²) in [7, 11) is 0. The van der Waals surface area contributed by atoms with Crippen molar-refractivity contribution in [1.29, 1.82) is 0 Å². The molecule has 1 aromatic carbocycles. The third kappa shape index (κ3) is 4.77. The molecule has 23 heavy (non-hydrogen) atoms. The van der Waals surface area contributed by atoms with Crippen molar-refractivity contribution in [2.24, 2.45) is 0 Å².